The van der Waals surface area contributed by atoms with Crippen molar-refractivity contribution in [3.63, 3.8) is 0 Å². The number of hydrogen-bond donors (Lipinski definition) is 1. The van der Waals surface area contributed by atoms with Crippen molar-refractivity contribution in [1.82, 2.24) is 14.6 Å². The Balaban J connectivity index is 0.000000231. The summed E-state index contributed by atoms with van der Waals surface area (Å²) >= 11 is 0. The Morgan fingerprint density at radius 3 is 2.48 bits per heavy atom. The molecule has 0 unspecified atom stereocenters. The zero-order valence-corrected chi connectivity index (χ0v) is 12.2. The number of nitrogens with one attached hydrogen (secondary N) is 1. The van der Waals surface area contributed by atoms with Crippen molar-refractivity contribution in [3.8, 4) is 11.3 Å². The van der Waals surface area contributed by atoms with Crippen molar-refractivity contribution >= 4 is 5.65 Å². The summed E-state index contributed by atoms with van der Waals surface area (Å²) in [6.45, 7) is 0. The largest absolute Gasteiger partial charge is 2.00 e. The molecule has 2 aromatic carbocycles. The fourth-order valence-electron chi connectivity index (χ4n) is 2.01. The molecule has 2 aromatic heterocycles. The molecule has 1 N–H and O–H groups in total. The van der Waals surface area contributed by atoms with Gasteiger partial charge in [0.05, 0.1) is 0 Å². The molecule has 0 aliphatic carbocycles. The molecule has 0 aliphatic rings. The van der Waals surface area contributed by atoms with Crippen molar-refractivity contribution in [3.05, 3.63) is 83.3 Å². The summed E-state index contributed by atoms with van der Waals surface area (Å²) in [6.07, 6.45) is 1.70. The molecule has 106 valence electrons. The third-order valence-corrected chi connectivity index (χ3v) is 2.91. The van der Waals surface area contributed by atoms with Gasteiger partial charge in [-0.25, -0.2) is 17.1 Å². The van der Waals surface area contributed by atoms with Crippen molar-refractivity contribution in [2.45, 2.75) is 0 Å². The SMILES string of the molecule is O=c1cc2nccc(-[c-]3cccc3)n2[nH]1.[Fe+2].c1cc[cH-]c1. The normalized spacial score (nSPS) is 9.71. The summed E-state index contributed by atoms with van der Waals surface area (Å²) < 4.78 is 1.69. The molecule has 0 spiro atoms. The van der Waals surface area contributed by atoms with Crippen LogP contribution >= 0.6 is 0 Å². The molecule has 4 aromatic rings. The average molecular weight is 319 g/mol. The minimum absolute atomic E-state index is 0. The van der Waals surface area contributed by atoms with E-state index >= 15 is 0 Å². The van der Waals surface area contributed by atoms with E-state index in [4.69, 9.17) is 0 Å². The summed E-state index contributed by atoms with van der Waals surface area (Å²) in [4.78, 5) is 15.3. The van der Waals surface area contributed by atoms with Crippen LogP contribution in [0.2, 0.25) is 0 Å². The Morgan fingerprint density at radius 1 is 1.14 bits per heavy atom. The molecule has 0 fully saturated rings. The van der Waals surface area contributed by atoms with Crippen molar-refractivity contribution in [2.75, 3.05) is 0 Å². The quantitative estimate of drug-likeness (QED) is 0.433. The molecule has 2 heterocycles. The Kier molecular flexibility index (Phi) is 4.93. The first-order valence-electron chi connectivity index (χ1n) is 6.30. The maximum atomic E-state index is 11.2. The van der Waals surface area contributed by atoms with Gasteiger partial charge in [0, 0.05) is 6.07 Å². The molecule has 4 rings (SSSR count). The predicted molar refractivity (Wildman–Crippen MR) is 78.9 cm³/mol. The molecule has 5 heteroatoms. The summed E-state index contributed by atoms with van der Waals surface area (Å²) in [5, 5.41) is 2.71. The molecule has 0 aliphatic heterocycles. The van der Waals surface area contributed by atoms with E-state index in [0.29, 0.717) is 5.65 Å². The van der Waals surface area contributed by atoms with Crippen LogP contribution in [0.3, 0.4) is 0 Å². The molecule has 0 saturated carbocycles. The molecular weight excluding hydrogens is 306 g/mol. The zero-order chi connectivity index (χ0) is 13.8. The van der Waals surface area contributed by atoms with Gasteiger partial charge in [0.15, 0.2) is 5.65 Å². The van der Waals surface area contributed by atoms with Crippen molar-refractivity contribution < 1.29 is 17.1 Å². The standard InChI is InChI=1S/C11H8N3O.C5H5.Fe/c15-11-7-10-12-6-5-9(14(10)13-11)8-3-1-2-4-8;1-2-4-5-3-1;/h1-7H,(H,13,15);1-5H;/q2*-1;+2. The molecule has 0 amide bonds. The van der Waals surface area contributed by atoms with Gasteiger partial charge in [0.25, 0.3) is 5.56 Å². The second-order valence-electron chi connectivity index (χ2n) is 4.28. The molecule has 0 bridgehead atoms. The monoisotopic (exact) mass is 319 g/mol. The fraction of sp³-hybridized carbons (Fsp3) is 0. The third-order valence-electron chi connectivity index (χ3n) is 2.91. The first-order valence-corrected chi connectivity index (χ1v) is 6.30. The van der Waals surface area contributed by atoms with E-state index in [0.717, 1.165) is 11.3 Å². The van der Waals surface area contributed by atoms with Gasteiger partial charge in [0.2, 0.25) is 0 Å². The van der Waals surface area contributed by atoms with Crippen LogP contribution in [0.1, 0.15) is 0 Å². The van der Waals surface area contributed by atoms with Crippen LogP contribution in [0, 0.1) is 0 Å². The summed E-state index contributed by atoms with van der Waals surface area (Å²) in [5.41, 5.74) is 2.50. The van der Waals surface area contributed by atoms with Crippen LogP contribution in [0.15, 0.2) is 77.7 Å². The minimum atomic E-state index is -0.137. The van der Waals surface area contributed by atoms with E-state index in [1.807, 2.05) is 60.7 Å². The Labute approximate surface area is 132 Å². The number of hydrogen-bond acceptors (Lipinski definition) is 2. The Morgan fingerprint density at radius 2 is 1.86 bits per heavy atom. The molecule has 21 heavy (non-hydrogen) atoms. The number of fused-ring (bicyclic) bond motifs is 1. The topological polar surface area (TPSA) is 50.2 Å². The van der Waals surface area contributed by atoms with Gasteiger partial charge < -0.3 is 0 Å². The van der Waals surface area contributed by atoms with Gasteiger partial charge in [-0.1, -0.05) is 11.6 Å². The second-order valence-corrected chi connectivity index (χ2v) is 4.28. The maximum absolute atomic E-state index is 11.2. The predicted octanol–water partition coefficient (Wildman–Crippen LogP) is 2.81. The van der Waals surface area contributed by atoms with Gasteiger partial charge >= 0.3 is 17.1 Å². The Bertz CT molecular complexity index is 809. The second kappa shape index (κ2) is 6.88. The summed E-state index contributed by atoms with van der Waals surface area (Å²) in [5.74, 6) is 0. The molecule has 4 nitrogen and oxygen atoms in total. The van der Waals surface area contributed by atoms with Crippen LogP contribution in [0.4, 0.5) is 0 Å². The number of rotatable bonds is 1. The number of aromatic amines is 1. The summed E-state index contributed by atoms with van der Waals surface area (Å²) in [7, 11) is 0. The Hall–Kier alpha value is -2.36. The number of nitrogens with zero attached hydrogens (tertiary/aromatic N) is 2. The first kappa shape index (κ1) is 15.0. The minimum Gasteiger partial charge on any atom is -0.268 e. The van der Waals surface area contributed by atoms with Gasteiger partial charge in [-0.2, -0.15) is 30.3 Å². The van der Waals surface area contributed by atoms with Gasteiger partial charge in [-0.05, 0) is 11.9 Å². The number of aromatic nitrogens is 3. The molecule has 0 atom stereocenters. The molecular formula is C16H13FeN3O. The van der Waals surface area contributed by atoms with E-state index in [1.165, 1.54) is 6.07 Å². The van der Waals surface area contributed by atoms with Crippen LogP contribution in [0.5, 0.6) is 0 Å². The summed E-state index contributed by atoms with van der Waals surface area (Å²) in [6, 6.07) is 21.3. The van der Waals surface area contributed by atoms with Crippen LogP contribution < -0.4 is 5.56 Å². The third kappa shape index (κ3) is 3.40. The maximum Gasteiger partial charge on any atom is 2.00 e. The molecule has 0 radical (unpaired) electrons. The van der Waals surface area contributed by atoms with E-state index < -0.39 is 0 Å². The van der Waals surface area contributed by atoms with Crippen molar-refractivity contribution in [2.24, 2.45) is 0 Å². The van der Waals surface area contributed by atoms with E-state index in [-0.39, 0.29) is 22.6 Å². The average Bonchev–Trinajstić information content (AvgIpc) is 3.21. The van der Waals surface area contributed by atoms with Crippen LogP contribution in [-0.2, 0) is 17.1 Å². The number of H-pyrrole nitrogens is 1. The van der Waals surface area contributed by atoms with E-state index in [1.54, 1.807) is 10.7 Å². The molecule has 0 saturated heterocycles. The first-order chi connectivity index (χ1) is 9.84. The van der Waals surface area contributed by atoms with Crippen molar-refractivity contribution in [1.29, 1.82) is 0 Å². The van der Waals surface area contributed by atoms with Crippen LogP contribution in [0.25, 0.3) is 16.9 Å². The van der Waals surface area contributed by atoms with Gasteiger partial charge in [0.1, 0.15) is 0 Å². The fourth-order valence-corrected chi connectivity index (χ4v) is 2.01. The van der Waals surface area contributed by atoms with Gasteiger partial charge in [-0.15, -0.1) is 12.1 Å². The van der Waals surface area contributed by atoms with Gasteiger partial charge in [-0.3, -0.25) is 14.4 Å². The van der Waals surface area contributed by atoms with E-state index in [2.05, 4.69) is 10.1 Å². The van der Waals surface area contributed by atoms with E-state index in [9.17, 15) is 4.79 Å². The zero-order valence-electron chi connectivity index (χ0n) is 11.1. The van der Waals surface area contributed by atoms with Crippen LogP contribution in [-0.4, -0.2) is 14.6 Å². The smallest absolute Gasteiger partial charge is 0.268 e.